The quantitative estimate of drug-likeness (QED) is 0.0320. The summed E-state index contributed by atoms with van der Waals surface area (Å²) < 4.78 is 0. The fourth-order valence-electron chi connectivity index (χ4n) is 8.71. The molecule has 59 heavy (non-hydrogen) atoms. The zero-order valence-corrected chi connectivity index (χ0v) is 39.6. The van der Waals surface area contributed by atoms with Crippen molar-refractivity contribution in [2.45, 2.75) is 290 Å². The molecule has 0 saturated carbocycles. The standard InChI is InChI=1S/C53H100O6/c1-4-7-10-13-16-19-22-25-28-31-34-37-40-43-46-53(51(58)52(59,47-54)48-55,49(56)44-41-38-35-32-29-26-23-20-17-14-11-8-5-2)50(57)45-42-39-36-33-30-27-24-21-18-15-12-9-6-3/h25,28,54-55,59H,4-24,26-27,29-48H2,1-3H3. The van der Waals surface area contributed by atoms with E-state index in [4.69, 9.17) is 0 Å². The number of aliphatic hydroxyl groups is 3. The van der Waals surface area contributed by atoms with Crippen molar-refractivity contribution in [3.8, 4) is 0 Å². The van der Waals surface area contributed by atoms with Crippen molar-refractivity contribution in [2.24, 2.45) is 5.41 Å². The minimum absolute atomic E-state index is 0.0383. The number of hydrogen-bond acceptors (Lipinski definition) is 6. The van der Waals surface area contributed by atoms with Crippen molar-refractivity contribution in [1.29, 1.82) is 0 Å². The molecule has 0 aromatic rings. The predicted octanol–water partition coefficient (Wildman–Crippen LogP) is 15.0. The number of rotatable bonds is 48. The van der Waals surface area contributed by atoms with E-state index in [2.05, 4.69) is 32.9 Å². The molecule has 6 nitrogen and oxygen atoms in total. The molecular formula is C53H100O6. The van der Waals surface area contributed by atoms with Crippen LogP contribution in [0.15, 0.2) is 12.2 Å². The first kappa shape index (κ1) is 57.6. The highest BCUT2D eigenvalue weighted by Gasteiger charge is 2.56. The molecule has 6 heteroatoms. The van der Waals surface area contributed by atoms with Crippen LogP contribution in [0.1, 0.15) is 284 Å². The largest absolute Gasteiger partial charge is 0.393 e. The van der Waals surface area contributed by atoms with Gasteiger partial charge in [-0.3, -0.25) is 14.4 Å². The SMILES string of the molecule is CCCCCCCCC=CCCCCCCC(C(=O)CCCCCCCCCCCCCCC)(C(=O)CCCCCCCCCCCCCCC)C(=O)C(O)(CO)CO. The summed E-state index contributed by atoms with van der Waals surface area (Å²) in [6.07, 6.45) is 48.5. The van der Waals surface area contributed by atoms with E-state index in [1.807, 2.05) is 0 Å². The molecule has 0 aromatic heterocycles. The average molecular weight is 833 g/mol. The molecule has 0 fully saturated rings. The molecule has 0 aromatic carbocycles. The number of aliphatic hydroxyl groups excluding tert-OH is 2. The Balaban J connectivity index is 5.31. The van der Waals surface area contributed by atoms with Crippen LogP contribution in [0.5, 0.6) is 0 Å². The van der Waals surface area contributed by atoms with Gasteiger partial charge < -0.3 is 15.3 Å². The van der Waals surface area contributed by atoms with Gasteiger partial charge in [0.1, 0.15) is 5.41 Å². The Morgan fingerprint density at radius 2 is 0.627 bits per heavy atom. The summed E-state index contributed by atoms with van der Waals surface area (Å²) in [5, 5.41) is 31.4. The number of Topliss-reactive ketones (excluding diaryl/α,β-unsaturated/α-hetero) is 3. The number of carbonyl (C=O) groups is 3. The molecule has 0 bridgehead atoms. The maximum absolute atomic E-state index is 14.3. The lowest BCUT2D eigenvalue weighted by Gasteiger charge is -2.36. The maximum atomic E-state index is 14.3. The van der Waals surface area contributed by atoms with Gasteiger partial charge >= 0.3 is 0 Å². The van der Waals surface area contributed by atoms with Gasteiger partial charge in [-0.05, 0) is 44.9 Å². The minimum Gasteiger partial charge on any atom is -0.393 e. The highest BCUT2D eigenvalue weighted by atomic mass is 16.4. The summed E-state index contributed by atoms with van der Waals surface area (Å²) in [5.41, 5.74) is -4.55. The lowest BCUT2D eigenvalue weighted by Crippen LogP contribution is -2.59. The third kappa shape index (κ3) is 29.5. The van der Waals surface area contributed by atoms with Gasteiger partial charge in [-0.15, -0.1) is 0 Å². The monoisotopic (exact) mass is 833 g/mol. The van der Waals surface area contributed by atoms with Crippen molar-refractivity contribution in [3.05, 3.63) is 12.2 Å². The van der Waals surface area contributed by atoms with Crippen LogP contribution in [-0.2, 0) is 14.4 Å². The van der Waals surface area contributed by atoms with Crippen LogP contribution in [0, 0.1) is 5.41 Å². The molecule has 0 saturated heterocycles. The molecule has 0 aliphatic carbocycles. The summed E-state index contributed by atoms with van der Waals surface area (Å²) in [6, 6.07) is 0. The Bertz CT molecular complexity index is 943. The minimum atomic E-state index is -2.53. The van der Waals surface area contributed by atoms with Crippen LogP contribution in [-0.4, -0.2) is 51.5 Å². The van der Waals surface area contributed by atoms with Crippen LogP contribution < -0.4 is 0 Å². The van der Waals surface area contributed by atoms with Crippen LogP contribution in [0.4, 0.5) is 0 Å². The summed E-state index contributed by atoms with van der Waals surface area (Å²) in [7, 11) is 0. The molecule has 0 aliphatic heterocycles. The van der Waals surface area contributed by atoms with Gasteiger partial charge in [-0.1, -0.05) is 238 Å². The number of ketones is 3. The number of allylic oxidation sites excluding steroid dienone is 2. The molecule has 0 atom stereocenters. The fourth-order valence-corrected chi connectivity index (χ4v) is 8.71. The van der Waals surface area contributed by atoms with Crippen LogP contribution >= 0.6 is 0 Å². The van der Waals surface area contributed by atoms with Gasteiger partial charge in [-0.25, -0.2) is 0 Å². The van der Waals surface area contributed by atoms with Crippen molar-refractivity contribution in [1.82, 2.24) is 0 Å². The van der Waals surface area contributed by atoms with E-state index in [1.165, 1.54) is 154 Å². The van der Waals surface area contributed by atoms with Crippen molar-refractivity contribution in [3.63, 3.8) is 0 Å². The van der Waals surface area contributed by atoms with Crippen molar-refractivity contribution >= 4 is 17.3 Å². The lowest BCUT2D eigenvalue weighted by molar-refractivity contribution is -0.166. The summed E-state index contributed by atoms with van der Waals surface area (Å²) >= 11 is 0. The van der Waals surface area contributed by atoms with Crippen molar-refractivity contribution in [2.75, 3.05) is 13.2 Å². The van der Waals surface area contributed by atoms with E-state index >= 15 is 0 Å². The number of unbranched alkanes of at least 4 members (excludes halogenated alkanes) is 34. The average Bonchev–Trinajstić information content (AvgIpc) is 3.24. The smallest absolute Gasteiger partial charge is 0.190 e. The third-order valence-corrected chi connectivity index (χ3v) is 12.9. The molecule has 0 heterocycles. The summed E-state index contributed by atoms with van der Waals surface area (Å²) in [6.45, 7) is 4.71. The Labute approximate surface area is 366 Å². The second kappa shape index (κ2) is 42.0. The zero-order valence-electron chi connectivity index (χ0n) is 39.6. The molecule has 0 rings (SSSR count). The highest BCUT2D eigenvalue weighted by molar-refractivity contribution is 6.26. The van der Waals surface area contributed by atoms with E-state index in [-0.39, 0.29) is 19.3 Å². The normalized spacial score (nSPS) is 12.2. The lowest BCUT2D eigenvalue weighted by atomic mass is 9.65. The van der Waals surface area contributed by atoms with E-state index in [0.717, 1.165) is 70.6 Å². The molecule has 0 spiro atoms. The van der Waals surface area contributed by atoms with Crippen molar-refractivity contribution < 1.29 is 29.7 Å². The summed E-state index contributed by atoms with van der Waals surface area (Å²) in [4.78, 5) is 42.8. The Kier molecular flexibility index (Phi) is 41.0. The van der Waals surface area contributed by atoms with E-state index in [1.54, 1.807) is 0 Å². The van der Waals surface area contributed by atoms with Gasteiger partial charge in [0.25, 0.3) is 0 Å². The first-order valence-electron chi connectivity index (χ1n) is 26.0. The van der Waals surface area contributed by atoms with Gasteiger partial charge in [-0.2, -0.15) is 0 Å². The molecule has 0 aliphatic rings. The first-order valence-corrected chi connectivity index (χ1v) is 26.0. The first-order chi connectivity index (χ1) is 28.8. The van der Waals surface area contributed by atoms with E-state index in [0.29, 0.717) is 19.3 Å². The molecule has 3 N–H and O–H groups in total. The number of hydrogen-bond donors (Lipinski definition) is 3. The second-order valence-corrected chi connectivity index (χ2v) is 18.4. The van der Waals surface area contributed by atoms with E-state index < -0.39 is 41.6 Å². The van der Waals surface area contributed by atoms with Crippen LogP contribution in [0.2, 0.25) is 0 Å². The Hall–Kier alpha value is -1.37. The van der Waals surface area contributed by atoms with Gasteiger partial charge in [0.2, 0.25) is 0 Å². The van der Waals surface area contributed by atoms with Gasteiger partial charge in [0.15, 0.2) is 23.0 Å². The van der Waals surface area contributed by atoms with Crippen LogP contribution in [0.3, 0.4) is 0 Å². The zero-order chi connectivity index (χ0) is 43.6. The van der Waals surface area contributed by atoms with Gasteiger partial charge in [0.05, 0.1) is 13.2 Å². The third-order valence-electron chi connectivity index (χ3n) is 12.9. The highest BCUT2D eigenvalue weighted by Crippen LogP contribution is 2.37. The Morgan fingerprint density at radius 3 is 0.915 bits per heavy atom. The fraction of sp³-hybridized carbons (Fsp3) is 0.906. The van der Waals surface area contributed by atoms with Crippen LogP contribution in [0.25, 0.3) is 0 Å². The summed E-state index contributed by atoms with van der Waals surface area (Å²) in [5.74, 6) is -1.85. The topological polar surface area (TPSA) is 112 Å². The molecule has 0 unspecified atom stereocenters. The number of carbonyl (C=O) groups excluding carboxylic acids is 3. The van der Waals surface area contributed by atoms with Gasteiger partial charge in [0, 0.05) is 12.8 Å². The molecule has 0 radical (unpaired) electrons. The van der Waals surface area contributed by atoms with E-state index in [9.17, 15) is 29.7 Å². The Morgan fingerprint density at radius 1 is 0.373 bits per heavy atom. The predicted molar refractivity (Wildman–Crippen MR) is 252 cm³/mol. The second-order valence-electron chi connectivity index (χ2n) is 18.4. The molecular weight excluding hydrogens is 733 g/mol. The maximum Gasteiger partial charge on any atom is 0.190 e. The molecule has 0 amide bonds. The molecule has 348 valence electrons.